The van der Waals surface area contributed by atoms with E-state index in [0.29, 0.717) is 48.3 Å². The van der Waals surface area contributed by atoms with Gasteiger partial charge >= 0.3 is 12.0 Å². The van der Waals surface area contributed by atoms with Crippen molar-refractivity contribution < 1.29 is 23.6 Å². The summed E-state index contributed by atoms with van der Waals surface area (Å²) in [6.45, 7) is 9.12. The maximum atomic E-state index is 13.8. The van der Waals surface area contributed by atoms with Crippen LogP contribution in [0.25, 0.3) is 11.1 Å². The van der Waals surface area contributed by atoms with Crippen molar-refractivity contribution in [3.8, 4) is 11.1 Å². The molecule has 0 saturated carbocycles. The summed E-state index contributed by atoms with van der Waals surface area (Å²) < 4.78 is 6.10. The van der Waals surface area contributed by atoms with Gasteiger partial charge in [0.25, 0.3) is 5.91 Å². The second kappa shape index (κ2) is 15.4. The van der Waals surface area contributed by atoms with E-state index in [9.17, 15) is 14.4 Å². The van der Waals surface area contributed by atoms with Crippen molar-refractivity contribution >= 4 is 23.6 Å². The Balaban J connectivity index is 1.29. The van der Waals surface area contributed by atoms with Crippen LogP contribution in [0.3, 0.4) is 0 Å². The molecule has 4 rings (SSSR count). The van der Waals surface area contributed by atoms with Gasteiger partial charge in [-0.15, -0.1) is 0 Å². The first-order valence-electron chi connectivity index (χ1n) is 15.2. The lowest BCUT2D eigenvalue weighted by Crippen LogP contribution is -2.56. The Morgan fingerprint density at radius 2 is 1.58 bits per heavy atom. The topological polar surface area (TPSA) is 114 Å². The molecule has 1 heterocycles. The number of amides is 3. The molecule has 0 radical (unpaired) electrons. The van der Waals surface area contributed by atoms with Crippen molar-refractivity contribution in [3.05, 3.63) is 90.0 Å². The number of para-hydroxylation sites is 1. The normalized spacial score (nSPS) is 14.2. The fraction of sp³-hybridized carbons (Fsp3) is 0.382. The lowest BCUT2D eigenvalue weighted by molar-refractivity contribution is -0.845. The molecule has 1 aliphatic rings. The van der Waals surface area contributed by atoms with Crippen LogP contribution in [0.15, 0.2) is 78.9 Å². The van der Waals surface area contributed by atoms with E-state index in [4.69, 9.17) is 10.5 Å². The number of hydrogen-bond donors (Lipinski definition) is 3. The molecule has 9 heteroatoms. The average molecular weight is 587 g/mol. The summed E-state index contributed by atoms with van der Waals surface area (Å²) in [6.07, 6.45) is 0.866. The van der Waals surface area contributed by atoms with Gasteiger partial charge in [0, 0.05) is 43.9 Å². The van der Waals surface area contributed by atoms with Crippen LogP contribution in [-0.2, 0) is 4.74 Å². The number of carbonyl (C=O) groups excluding carboxylic acids is 3. The van der Waals surface area contributed by atoms with Crippen LogP contribution in [0, 0.1) is 0 Å². The van der Waals surface area contributed by atoms with Gasteiger partial charge in [-0.2, -0.15) is 0 Å². The number of quaternary nitrogens is 1. The minimum atomic E-state index is -0.445. The van der Waals surface area contributed by atoms with Crippen molar-refractivity contribution in [1.82, 2.24) is 10.2 Å². The molecule has 0 atom stereocenters. The highest BCUT2D eigenvalue weighted by molar-refractivity contribution is 5.97. The molecule has 9 nitrogen and oxygen atoms in total. The van der Waals surface area contributed by atoms with Crippen LogP contribution < -0.4 is 16.4 Å². The summed E-state index contributed by atoms with van der Waals surface area (Å²) >= 11 is 0. The number of anilines is 1. The number of rotatable bonds is 12. The molecule has 43 heavy (non-hydrogen) atoms. The van der Waals surface area contributed by atoms with Crippen molar-refractivity contribution in [1.29, 1.82) is 0 Å². The molecule has 1 saturated heterocycles. The molecule has 3 amide bonds. The van der Waals surface area contributed by atoms with E-state index >= 15 is 0 Å². The van der Waals surface area contributed by atoms with Crippen LogP contribution in [0.1, 0.15) is 47.4 Å². The van der Waals surface area contributed by atoms with E-state index in [2.05, 4.69) is 15.5 Å². The number of likely N-dealkylation sites (tertiary alicyclic amines) is 1. The number of nitrogens with one attached hydrogen (secondary N) is 2. The fourth-order valence-electron chi connectivity index (χ4n) is 5.62. The van der Waals surface area contributed by atoms with Gasteiger partial charge < -0.3 is 15.8 Å². The number of carbonyl (C=O) groups is 3. The van der Waals surface area contributed by atoms with Crippen molar-refractivity contribution in [2.45, 2.75) is 32.8 Å². The number of ether oxygens (including phenoxy) is 1. The highest BCUT2D eigenvalue weighted by Crippen LogP contribution is 2.28. The summed E-state index contributed by atoms with van der Waals surface area (Å²) in [4.78, 5) is 41.3. The second-order valence-electron chi connectivity index (χ2n) is 10.9. The van der Waals surface area contributed by atoms with Crippen LogP contribution in [0.2, 0.25) is 0 Å². The molecule has 0 spiro atoms. The predicted molar refractivity (Wildman–Crippen MR) is 170 cm³/mol. The van der Waals surface area contributed by atoms with Gasteiger partial charge in [-0.25, -0.2) is 9.59 Å². The number of likely N-dealkylation sites (N-methyl/N-ethyl adjacent to an activating group) is 1. The molecule has 1 aliphatic heterocycles. The highest BCUT2D eigenvalue weighted by atomic mass is 16.6. The maximum absolute atomic E-state index is 13.8. The van der Waals surface area contributed by atoms with Gasteiger partial charge in [-0.3, -0.25) is 19.5 Å². The molecule has 0 aromatic heterocycles. The number of hydrogen-bond acceptors (Lipinski definition) is 6. The van der Waals surface area contributed by atoms with Gasteiger partial charge in [0.1, 0.15) is 6.10 Å². The zero-order valence-corrected chi connectivity index (χ0v) is 25.3. The quantitative estimate of drug-likeness (QED) is 0.264. The number of piperidine rings is 1. The fourth-order valence-corrected chi connectivity index (χ4v) is 5.62. The third-order valence-electron chi connectivity index (χ3n) is 8.34. The first-order chi connectivity index (χ1) is 20.9. The number of nitrogens with two attached hydrogens (primary N) is 1. The molecular formula is C34H44N5O4+. The van der Waals surface area contributed by atoms with Gasteiger partial charge in [-0.1, -0.05) is 54.6 Å². The van der Waals surface area contributed by atoms with E-state index in [1.807, 2.05) is 68.4 Å². The predicted octanol–water partition coefficient (Wildman–Crippen LogP) is 4.75. The van der Waals surface area contributed by atoms with Crippen molar-refractivity contribution in [2.75, 3.05) is 57.7 Å². The molecule has 1 fully saturated rings. The van der Waals surface area contributed by atoms with Crippen LogP contribution in [0.5, 0.6) is 0 Å². The van der Waals surface area contributed by atoms with E-state index in [1.54, 1.807) is 24.3 Å². The molecule has 3 aromatic rings. The van der Waals surface area contributed by atoms with E-state index < -0.39 is 6.09 Å². The van der Waals surface area contributed by atoms with Crippen LogP contribution in [0.4, 0.5) is 10.5 Å². The molecule has 0 unspecified atom stereocenters. The molecule has 0 aliphatic carbocycles. The molecule has 3 aromatic carbocycles. The summed E-state index contributed by atoms with van der Waals surface area (Å²) in [5.74, 6) is -0.213. The Labute approximate surface area is 254 Å². The Morgan fingerprint density at radius 3 is 2.28 bits per heavy atom. The lowest BCUT2D eigenvalue weighted by atomic mass is 10.0. The average Bonchev–Trinajstić information content (AvgIpc) is 3.05. The van der Waals surface area contributed by atoms with Crippen molar-refractivity contribution in [2.24, 2.45) is 5.73 Å². The van der Waals surface area contributed by atoms with Gasteiger partial charge in [0.2, 0.25) is 0 Å². The largest absolute Gasteiger partial charge is 0.446 e. The van der Waals surface area contributed by atoms with Crippen molar-refractivity contribution in [3.63, 3.8) is 0 Å². The first-order valence-corrected chi connectivity index (χ1v) is 15.2. The van der Waals surface area contributed by atoms with Crippen LogP contribution >= 0.6 is 0 Å². The van der Waals surface area contributed by atoms with E-state index in [1.165, 1.54) is 0 Å². The van der Waals surface area contributed by atoms with Gasteiger partial charge in [0.15, 0.2) is 0 Å². The number of benzene rings is 3. The van der Waals surface area contributed by atoms with Gasteiger partial charge in [0.05, 0.1) is 30.9 Å². The standard InChI is InChI=1S/C34H43N5O4/c1-3-39(4-2,33(41)28-14-10-13-27(25-28)32(40)36-20-19-35)24-23-38-21-17-29(18-22-38)43-34(42)37-31-16-9-8-15-30(31)26-11-6-5-7-12-26/h5-16,25,29H,3-4,17-24,35H2,1-2H3,(H-,36,37,40,42)/p+1. The second-order valence-corrected chi connectivity index (χ2v) is 10.9. The minimum Gasteiger partial charge on any atom is -0.446 e. The van der Waals surface area contributed by atoms with Crippen LogP contribution in [-0.4, -0.2) is 85.8 Å². The first kappa shape index (κ1) is 31.9. The molecule has 228 valence electrons. The Kier molecular flexibility index (Phi) is 11.4. The Morgan fingerprint density at radius 1 is 0.907 bits per heavy atom. The van der Waals surface area contributed by atoms with E-state index in [-0.39, 0.29) is 17.9 Å². The maximum Gasteiger partial charge on any atom is 0.411 e. The SMILES string of the molecule is CC[N+](CC)(CCN1CCC(OC(=O)Nc2ccccc2-c2ccccc2)CC1)C(=O)c1cccc(C(=O)NCCN)c1. The zero-order chi connectivity index (χ0) is 30.7. The smallest absolute Gasteiger partial charge is 0.411 e. The molecular weight excluding hydrogens is 542 g/mol. The summed E-state index contributed by atoms with van der Waals surface area (Å²) in [5, 5.41) is 5.70. The lowest BCUT2D eigenvalue weighted by Gasteiger charge is -2.37. The third kappa shape index (κ3) is 8.28. The summed E-state index contributed by atoms with van der Waals surface area (Å²) in [5.41, 5.74) is 9.19. The minimum absolute atomic E-state index is 0.0177. The molecule has 4 N–H and O–H groups in total. The number of nitrogens with zero attached hydrogens (tertiary/aromatic N) is 2. The summed E-state index contributed by atoms with van der Waals surface area (Å²) in [7, 11) is 0. The zero-order valence-electron chi connectivity index (χ0n) is 25.3. The third-order valence-corrected chi connectivity index (χ3v) is 8.34. The van der Waals surface area contributed by atoms with Gasteiger partial charge in [-0.05, 0) is 56.5 Å². The Hall–Kier alpha value is -4.05. The van der Waals surface area contributed by atoms with E-state index in [0.717, 1.165) is 49.3 Å². The molecule has 0 bridgehead atoms. The Bertz CT molecular complexity index is 1370. The summed E-state index contributed by atoms with van der Waals surface area (Å²) in [6, 6.07) is 24.6. The highest BCUT2D eigenvalue weighted by Gasteiger charge is 2.35. The monoisotopic (exact) mass is 586 g/mol.